The van der Waals surface area contributed by atoms with Crippen molar-refractivity contribution in [2.75, 3.05) is 80.0 Å². The molecule has 188 valence electrons. The first-order valence-corrected chi connectivity index (χ1v) is 13.4. The van der Waals surface area contributed by atoms with Crippen molar-refractivity contribution in [3.63, 3.8) is 0 Å². The van der Waals surface area contributed by atoms with Gasteiger partial charge in [0.15, 0.2) is 0 Å². The Morgan fingerprint density at radius 1 is 0.387 bits per heavy atom. The Labute approximate surface area is 197 Å². The smallest absolute Gasteiger partial charge is 0.0110 e. The predicted molar refractivity (Wildman–Crippen MR) is 141 cm³/mol. The van der Waals surface area contributed by atoms with Crippen molar-refractivity contribution in [2.24, 2.45) is 17.8 Å². The molecule has 0 amide bonds. The van der Waals surface area contributed by atoms with Crippen LogP contribution in [0.25, 0.3) is 0 Å². The molecule has 0 aromatic carbocycles. The summed E-state index contributed by atoms with van der Waals surface area (Å²) in [5.74, 6) is 2.46. The highest BCUT2D eigenvalue weighted by atomic mass is 15.2. The molecule has 0 bridgehead atoms. The first-order chi connectivity index (χ1) is 14.6. The third-order valence-electron chi connectivity index (χ3n) is 6.36. The highest BCUT2D eigenvalue weighted by molar-refractivity contribution is 4.67. The molecule has 0 aliphatic heterocycles. The molecule has 0 saturated heterocycles. The first kappa shape index (κ1) is 30.8. The minimum absolute atomic E-state index is 0.822. The number of hydrogen-bond donors (Lipinski definition) is 0. The maximum Gasteiger partial charge on any atom is 0.0110 e. The third kappa shape index (κ3) is 21.4. The normalized spacial score (nSPS) is 12.8. The van der Waals surface area contributed by atoms with Crippen LogP contribution in [0.2, 0.25) is 0 Å². The molecule has 31 heavy (non-hydrogen) atoms. The summed E-state index contributed by atoms with van der Waals surface area (Å²) in [7, 11) is 6.90. The highest BCUT2D eigenvalue weighted by Gasteiger charge is 2.10. The van der Waals surface area contributed by atoms with E-state index in [2.05, 4.69) is 82.3 Å². The molecular weight excluding hydrogens is 380 g/mol. The Morgan fingerprint density at radius 2 is 0.645 bits per heavy atom. The minimum Gasteiger partial charge on any atom is -0.305 e. The van der Waals surface area contributed by atoms with E-state index >= 15 is 0 Å². The summed E-state index contributed by atoms with van der Waals surface area (Å²) in [6, 6.07) is 0. The zero-order chi connectivity index (χ0) is 23.6. The van der Waals surface area contributed by atoms with Crippen molar-refractivity contribution >= 4 is 0 Å². The molecule has 0 saturated carbocycles. The molecule has 0 aromatic heterocycles. The Morgan fingerprint density at radius 3 is 0.871 bits per heavy atom. The van der Waals surface area contributed by atoms with Gasteiger partial charge in [0.1, 0.15) is 0 Å². The molecule has 4 heteroatoms. The van der Waals surface area contributed by atoms with Gasteiger partial charge in [-0.05, 0) is 97.1 Å². The molecule has 0 aromatic rings. The van der Waals surface area contributed by atoms with Crippen molar-refractivity contribution in [1.29, 1.82) is 0 Å². The van der Waals surface area contributed by atoms with Crippen LogP contribution in [0.3, 0.4) is 0 Å². The van der Waals surface area contributed by atoms with E-state index in [4.69, 9.17) is 0 Å². The number of hydrogen-bond acceptors (Lipinski definition) is 4. The van der Waals surface area contributed by atoms with Gasteiger partial charge in [-0.3, -0.25) is 4.90 Å². The SMILES string of the molecule is CC(C)CCCN(C)CCN(CCN(C)CCCC(C)C)CCN(C)CCCC(C)C. The Balaban J connectivity index is 4.39. The summed E-state index contributed by atoms with van der Waals surface area (Å²) in [6.45, 7) is 24.8. The predicted octanol–water partition coefficient (Wildman–Crippen LogP) is 5.39. The number of rotatable bonds is 21. The zero-order valence-electron chi connectivity index (χ0n) is 23.1. The van der Waals surface area contributed by atoms with Gasteiger partial charge in [0.25, 0.3) is 0 Å². The molecule has 0 radical (unpaired) electrons. The van der Waals surface area contributed by atoms with Gasteiger partial charge in [-0.15, -0.1) is 0 Å². The van der Waals surface area contributed by atoms with Crippen LogP contribution in [0.5, 0.6) is 0 Å². The maximum absolute atomic E-state index is 2.71. The largest absolute Gasteiger partial charge is 0.305 e. The van der Waals surface area contributed by atoms with Crippen LogP contribution in [-0.4, -0.2) is 99.6 Å². The molecule has 0 spiro atoms. The second kappa shape index (κ2) is 19.3. The van der Waals surface area contributed by atoms with Crippen LogP contribution in [0.15, 0.2) is 0 Å². The lowest BCUT2D eigenvalue weighted by molar-refractivity contribution is 0.176. The molecule has 0 aliphatic carbocycles. The molecule has 0 N–H and O–H groups in total. The van der Waals surface area contributed by atoms with E-state index in [1.165, 1.54) is 97.4 Å². The van der Waals surface area contributed by atoms with Crippen LogP contribution >= 0.6 is 0 Å². The molecule has 0 atom stereocenters. The van der Waals surface area contributed by atoms with E-state index in [9.17, 15) is 0 Å². The summed E-state index contributed by atoms with van der Waals surface area (Å²) in [6.07, 6.45) is 8.01. The standard InChI is InChI=1S/C27H60N4/c1-25(2)13-10-16-28(7)19-22-31(23-20-29(8)17-11-14-26(3)4)24-21-30(9)18-12-15-27(5)6/h25-27H,10-24H2,1-9H3. The molecule has 0 fully saturated rings. The molecule has 0 heterocycles. The second-order valence-electron chi connectivity index (χ2n) is 11.4. The lowest BCUT2D eigenvalue weighted by atomic mass is 10.1. The van der Waals surface area contributed by atoms with Crippen LogP contribution in [0, 0.1) is 17.8 Å². The average Bonchev–Trinajstić information content (AvgIpc) is 2.66. The van der Waals surface area contributed by atoms with Crippen LogP contribution in [0.1, 0.15) is 80.1 Å². The van der Waals surface area contributed by atoms with Crippen molar-refractivity contribution < 1.29 is 0 Å². The van der Waals surface area contributed by atoms with Crippen molar-refractivity contribution in [2.45, 2.75) is 80.1 Å². The highest BCUT2D eigenvalue weighted by Crippen LogP contribution is 2.06. The van der Waals surface area contributed by atoms with Gasteiger partial charge in [0.05, 0.1) is 0 Å². The first-order valence-electron chi connectivity index (χ1n) is 13.4. The van der Waals surface area contributed by atoms with Crippen LogP contribution < -0.4 is 0 Å². The monoisotopic (exact) mass is 440 g/mol. The average molecular weight is 441 g/mol. The number of likely N-dealkylation sites (N-methyl/N-ethyl adjacent to an activating group) is 3. The van der Waals surface area contributed by atoms with Gasteiger partial charge in [0, 0.05) is 39.3 Å². The quantitative estimate of drug-likeness (QED) is 0.237. The van der Waals surface area contributed by atoms with Gasteiger partial charge < -0.3 is 14.7 Å². The molecular formula is C27H60N4. The fourth-order valence-electron chi connectivity index (χ4n) is 3.92. The summed E-state index contributed by atoms with van der Waals surface area (Å²) < 4.78 is 0. The summed E-state index contributed by atoms with van der Waals surface area (Å²) >= 11 is 0. The van der Waals surface area contributed by atoms with E-state index in [1.807, 2.05) is 0 Å². The zero-order valence-corrected chi connectivity index (χ0v) is 23.1. The van der Waals surface area contributed by atoms with Crippen LogP contribution in [0.4, 0.5) is 0 Å². The van der Waals surface area contributed by atoms with Crippen molar-refractivity contribution in [1.82, 2.24) is 19.6 Å². The Bertz CT molecular complexity index is 326. The molecule has 4 nitrogen and oxygen atoms in total. The molecule has 0 aliphatic rings. The van der Waals surface area contributed by atoms with E-state index in [0.29, 0.717) is 0 Å². The Kier molecular flexibility index (Phi) is 19.2. The van der Waals surface area contributed by atoms with Gasteiger partial charge >= 0.3 is 0 Å². The van der Waals surface area contributed by atoms with Crippen LogP contribution in [-0.2, 0) is 0 Å². The minimum atomic E-state index is 0.822. The van der Waals surface area contributed by atoms with E-state index in [-0.39, 0.29) is 0 Å². The van der Waals surface area contributed by atoms with E-state index in [1.54, 1.807) is 0 Å². The fourth-order valence-corrected chi connectivity index (χ4v) is 3.92. The lowest BCUT2D eigenvalue weighted by Crippen LogP contribution is -2.42. The van der Waals surface area contributed by atoms with Gasteiger partial charge in [-0.1, -0.05) is 41.5 Å². The van der Waals surface area contributed by atoms with Gasteiger partial charge in [-0.25, -0.2) is 0 Å². The van der Waals surface area contributed by atoms with E-state index in [0.717, 1.165) is 17.8 Å². The van der Waals surface area contributed by atoms with E-state index < -0.39 is 0 Å². The summed E-state index contributed by atoms with van der Waals surface area (Å²) in [5, 5.41) is 0. The molecule has 0 rings (SSSR count). The van der Waals surface area contributed by atoms with Crippen molar-refractivity contribution in [3.05, 3.63) is 0 Å². The Hall–Kier alpha value is -0.160. The second-order valence-corrected chi connectivity index (χ2v) is 11.4. The lowest BCUT2D eigenvalue weighted by Gasteiger charge is -2.29. The van der Waals surface area contributed by atoms with Gasteiger partial charge in [0.2, 0.25) is 0 Å². The topological polar surface area (TPSA) is 13.0 Å². The maximum atomic E-state index is 2.71. The fraction of sp³-hybridized carbons (Fsp3) is 1.00. The third-order valence-corrected chi connectivity index (χ3v) is 6.36. The molecule has 0 unspecified atom stereocenters. The number of nitrogens with zero attached hydrogens (tertiary/aromatic N) is 4. The van der Waals surface area contributed by atoms with Crippen molar-refractivity contribution in [3.8, 4) is 0 Å². The summed E-state index contributed by atoms with van der Waals surface area (Å²) in [4.78, 5) is 10.3. The summed E-state index contributed by atoms with van der Waals surface area (Å²) in [5.41, 5.74) is 0. The van der Waals surface area contributed by atoms with Gasteiger partial charge in [-0.2, -0.15) is 0 Å².